The molecular formula is C21H19ClN4O2. The van der Waals surface area contributed by atoms with E-state index in [1.165, 1.54) is 0 Å². The van der Waals surface area contributed by atoms with E-state index in [-0.39, 0.29) is 11.8 Å². The Morgan fingerprint density at radius 2 is 1.89 bits per heavy atom. The number of aromatic nitrogens is 2. The van der Waals surface area contributed by atoms with E-state index in [4.69, 9.17) is 11.6 Å². The lowest BCUT2D eigenvalue weighted by Gasteiger charge is -2.17. The average molecular weight is 395 g/mol. The molecule has 2 aromatic carbocycles. The van der Waals surface area contributed by atoms with E-state index in [2.05, 4.69) is 10.4 Å². The standard InChI is InChI=1S/C21H19ClN4O2/c1-14-12-19(26(24-14)15-6-3-2-4-7-15)23-21(28)17-13-16(9-10-18(17)22)25-11-5-8-20(25)27/h2-4,6-7,9-10,12-13H,5,8,11H2,1H3,(H,23,28). The van der Waals surface area contributed by atoms with Gasteiger partial charge in [0, 0.05) is 24.7 Å². The summed E-state index contributed by atoms with van der Waals surface area (Å²) >= 11 is 6.28. The summed E-state index contributed by atoms with van der Waals surface area (Å²) in [5.74, 6) is 0.259. The van der Waals surface area contributed by atoms with Gasteiger partial charge in [-0.15, -0.1) is 0 Å². The molecule has 0 atom stereocenters. The number of nitrogens with one attached hydrogen (secondary N) is 1. The van der Waals surface area contributed by atoms with Crippen LogP contribution in [0.3, 0.4) is 0 Å². The number of hydrogen-bond acceptors (Lipinski definition) is 3. The second-order valence-corrected chi connectivity index (χ2v) is 7.09. The summed E-state index contributed by atoms with van der Waals surface area (Å²) in [5, 5.41) is 7.68. The van der Waals surface area contributed by atoms with Crippen LogP contribution in [0.1, 0.15) is 28.9 Å². The number of anilines is 2. The number of rotatable bonds is 4. The van der Waals surface area contributed by atoms with Gasteiger partial charge < -0.3 is 10.2 Å². The smallest absolute Gasteiger partial charge is 0.258 e. The Balaban J connectivity index is 1.64. The Morgan fingerprint density at radius 1 is 1.11 bits per heavy atom. The van der Waals surface area contributed by atoms with Crippen LogP contribution in [-0.4, -0.2) is 28.1 Å². The van der Waals surface area contributed by atoms with Gasteiger partial charge in [-0.3, -0.25) is 9.59 Å². The maximum absolute atomic E-state index is 12.9. The molecule has 1 fully saturated rings. The van der Waals surface area contributed by atoms with Crippen molar-refractivity contribution in [3.63, 3.8) is 0 Å². The maximum Gasteiger partial charge on any atom is 0.258 e. The minimum Gasteiger partial charge on any atom is -0.312 e. The summed E-state index contributed by atoms with van der Waals surface area (Å²) < 4.78 is 1.68. The minimum atomic E-state index is -0.351. The van der Waals surface area contributed by atoms with Gasteiger partial charge in [0.1, 0.15) is 5.82 Å². The number of para-hydroxylation sites is 1. The predicted molar refractivity (Wildman–Crippen MR) is 109 cm³/mol. The number of benzene rings is 2. The molecule has 4 rings (SSSR count). The Hall–Kier alpha value is -3.12. The molecule has 0 spiro atoms. The molecule has 142 valence electrons. The van der Waals surface area contributed by atoms with E-state index >= 15 is 0 Å². The number of nitrogens with zero attached hydrogens (tertiary/aromatic N) is 3. The monoisotopic (exact) mass is 394 g/mol. The molecule has 0 radical (unpaired) electrons. The molecule has 0 saturated carbocycles. The van der Waals surface area contributed by atoms with Gasteiger partial charge in [-0.05, 0) is 43.7 Å². The molecule has 3 aromatic rings. The van der Waals surface area contributed by atoms with Crippen LogP contribution < -0.4 is 10.2 Å². The van der Waals surface area contributed by atoms with E-state index in [0.29, 0.717) is 35.1 Å². The molecule has 0 aliphatic carbocycles. The number of aryl methyl sites for hydroxylation is 1. The van der Waals surface area contributed by atoms with Gasteiger partial charge in [0.2, 0.25) is 5.91 Å². The van der Waals surface area contributed by atoms with E-state index in [0.717, 1.165) is 17.8 Å². The molecule has 1 N–H and O–H groups in total. The van der Waals surface area contributed by atoms with Crippen molar-refractivity contribution in [2.75, 3.05) is 16.8 Å². The average Bonchev–Trinajstić information content (AvgIpc) is 3.28. The maximum atomic E-state index is 12.9. The fourth-order valence-electron chi connectivity index (χ4n) is 3.31. The van der Waals surface area contributed by atoms with Crippen LogP contribution >= 0.6 is 11.6 Å². The van der Waals surface area contributed by atoms with Crippen LogP contribution in [0.5, 0.6) is 0 Å². The first kappa shape index (κ1) is 18.3. The van der Waals surface area contributed by atoms with Crippen molar-refractivity contribution in [1.82, 2.24) is 9.78 Å². The third kappa shape index (κ3) is 3.51. The summed E-state index contributed by atoms with van der Waals surface area (Å²) in [5.41, 5.74) is 2.62. The van der Waals surface area contributed by atoms with E-state index < -0.39 is 0 Å². The van der Waals surface area contributed by atoms with E-state index in [1.54, 1.807) is 33.8 Å². The summed E-state index contributed by atoms with van der Waals surface area (Å²) in [7, 11) is 0. The van der Waals surface area contributed by atoms with Gasteiger partial charge >= 0.3 is 0 Å². The zero-order chi connectivity index (χ0) is 19.7. The molecule has 1 saturated heterocycles. The lowest BCUT2D eigenvalue weighted by Crippen LogP contribution is -2.24. The van der Waals surface area contributed by atoms with E-state index in [9.17, 15) is 9.59 Å². The fraction of sp³-hybridized carbons (Fsp3) is 0.190. The van der Waals surface area contributed by atoms with Crippen LogP contribution in [0.4, 0.5) is 11.5 Å². The number of halogens is 1. The zero-order valence-electron chi connectivity index (χ0n) is 15.4. The van der Waals surface area contributed by atoms with Crippen molar-refractivity contribution in [3.05, 3.63) is 70.9 Å². The zero-order valence-corrected chi connectivity index (χ0v) is 16.1. The van der Waals surface area contributed by atoms with Gasteiger partial charge in [0.05, 0.1) is 22.0 Å². The first-order valence-corrected chi connectivity index (χ1v) is 9.44. The van der Waals surface area contributed by atoms with Gasteiger partial charge in [-0.2, -0.15) is 5.10 Å². The quantitative estimate of drug-likeness (QED) is 0.720. The first-order valence-electron chi connectivity index (χ1n) is 9.06. The molecule has 2 amide bonds. The Labute approximate surface area is 167 Å². The molecule has 0 bridgehead atoms. The van der Waals surface area contributed by atoms with Crippen molar-refractivity contribution in [3.8, 4) is 5.69 Å². The normalized spacial score (nSPS) is 13.8. The summed E-state index contributed by atoms with van der Waals surface area (Å²) in [6.45, 7) is 2.52. The lowest BCUT2D eigenvalue weighted by molar-refractivity contribution is -0.117. The summed E-state index contributed by atoms with van der Waals surface area (Å²) in [6, 6.07) is 16.4. The number of amides is 2. The topological polar surface area (TPSA) is 67.2 Å². The Morgan fingerprint density at radius 3 is 2.61 bits per heavy atom. The van der Waals surface area contributed by atoms with Crippen molar-refractivity contribution in [2.24, 2.45) is 0 Å². The number of carbonyl (C=O) groups excluding carboxylic acids is 2. The second-order valence-electron chi connectivity index (χ2n) is 6.69. The fourth-order valence-corrected chi connectivity index (χ4v) is 3.52. The molecule has 1 aromatic heterocycles. The van der Waals surface area contributed by atoms with Crippen LogP contribution in [0.15, 0.2) is 54.6 Å². The lowest BCUT2D eigenvalue weighted by atomic mass is 10.1. The van der Waals surface area contributed by atoms with Crippen molar-refractivity contribution in [1.29, 1.82) is 0 Å². The third-order valence-electron chi connectivity index (χ3n) is 4.65. The highest BCUT2D eigenvalue weighted by Crippen LogP contribution is 2.27. The third-order valence-corrected chi connectivity index (χ3v) is 4.98. The first-order chi connectivity index (χ1) is 13.5. The highest BCUT2D eigenvalue weighted by atomic mass is 35.5. The molecule has 6 nitrogen and oxygen atoms in total. The van der Waals surface area contributed by atoms with Crippen LogP contribution in [-0.2, 0) is 4.79 Å². The van der Waals surface area contributed by atoms with Gasteiger partial charge in [-0.25, -0.2) is 4.68 Å². The number of hydrogen-bond donors (Lipinski definition) is 1. The van der Waals surface area contributed by atoms with Gasteiger partial charge in [0.15, 0.2) is 0 Å². The Bertz CT molecular complexity index is 1050. The summed E-state index contributed by atoms with van der Waals surface area (Å²) in [6.07, 6.45) is 1.35. The molecule has 1 aliphatic heterocycles. The molecule has 2 heterocycles. The largest absolute Gasteiger partial charge is 0.312 e. The van der Waals surface area contributed by atoms with Crippen molar-refractivity contribution < 1.29 is 9.59 Å². The molecule has 0 unspecified atom stereocenters. The Kier molecular flexibility index (Phi) is 4.88. The van der Waals surface area contributed by atoms with Crippen molar-refractivity contribution in [2.45, 2.75) is 19.8 Å². The molecule has 1 aliphatic rings. The highest BCUT2D eigenvalue weighted by molar-refractivity contribution is 6.34. The second kappa shape index (κ2) is 7.48. The van der Waals surface area contributed by atoms with Crippen LogP contribution in [0.25, 0.3) is 5.69 Å². The molecule has 7 heteroatoms. The van der Waals surface area contributed by atoms with Gasteiger partial charge in [0.25, 0.3) is 5.91 Å². The number of carbonyl (C=O) groups is 2. The minimum absolute atomic E-state index is 0.0615. The van der Waals surface area contributed by atoms with E-state index in [1.807, 2.05) is 37.3 Å². The SMILES string of the molecule is Cc1cc(NC(=O)c2cc(N3CCCC3=O)ccc2Cl)n(-c2ccccc2)n1. The molecule has 28 heavy (non-hydrogen) atoms. The highest BCUT2D eigenvalue weighted by Gasteiger charge is 2.23. The van der Waals surface area contributed by atoms with Crippen LogP contribution in [0, 0.1) is 6.92 Å². The van der Waals surface area contributed by atoms with Crippen LogP contribution in [0.2, 0.25) is 5.02 Å². The van der Waals surface area contributed by atoms with Gasteiger partial charge in [-0.1, -0.05) is 29.8 Å². The molecular weight excluding hydrogens is 376 g/mol. The summed E-state index contributed by atoms with van der Waals surface area (Å²) in [4.78, 5) is 26.6. The predicted octanol–water partition coefficient (Wildman–Crippen LogP) is 4.21. The van der Waals surface area contributed by atoms with Crippen molar-refractivity contribution >= 4 is 34.9 Å².